The molecule has 0 aliphatic carbocycles. The number of rotatable bonds is 1. The average Bonchev–Trinajstić information content (AvgIpc) is 2.54. The second-order valence-corrected chi connectivity index (χ2v) is 7.89. The Morgan fingerprint density at radius 1 is 0.957 bits per heavy atom. The lowest BCUT2D eigenvalue weighted by molar-refractivity contribution is -0.119. The number of hydrogen-bond donors (Lipinski definition) is 0. The predicted octanol–water partition coefficient (Wildman–Crippen LogP) is 3.05. The molecule has 6 heteroatoms. The molecular weight excluding hydrogens is 336 g/mol. The van der Waals surface area contributed by atoms with E-state index in [4.69, 9.17) is 11.6 Å². The van der Waals surface area contributed by atoms with Crippen molar-refractivity contribution in [2.75, 3.05) is 5.75 Å². The number of hydrogen-bond acceptors (Lipinski definition) is 4. The molecule has 0 spiro atoms. The maximum absolute atomic E-state index is 12.9. The first-order valence-electron chi connectivity index (χ1n) is 7.04. The van der Waals surface area contributed by atoms with Gasteiger partial charge in [-0.25, -0.2) is 8.42 Å². The van der Waals surface area contributed by atoms with E-state index in [0.29, 0.717) is 10.6 Å². The Bertz CT molecular complexity index is 885. The Balaban J connectivity index is 2.18. The molecule has 2 aromatic rings. The standard InChI is InChI=1S/C17H13ClO4S/c18-12-7-5-11(6-8-12)16-14(19)9-10-23(21,22)15-4-2-1-3-13(15)17(16)20/h1-8,16H,9-10H2. The fourth-order valence-electron chi connectivity index (χ4n) is 2.72. The normalized spacial score (nSPS) is 20.5. The monoisotopic (exact) mass is 348 g/mol. The summed E-state index contributed by atoms with van der Waals surface area (Å²) in [5.74, 6) is -2.17. The number of sulfone groups is 1. The summed E-state index contributed by atoms with van der Waals surface area (Å²) in [6, 6.07) is 12.5. The molecule has 1 unspecified atom stereocenters. The second-order valence-electron chi connectivity index (χ2n) is 5.38. The van der Waals surface area contributed by atoms with Crippen molar-refractivity contribution < 1.29 is 18.0 Å². The molecule has 0 bridgehead atoms. The van der Waals surface area contributed by atoms with Crippen LogP contribution in [0.2, 0.25) is 5.02 Å². The van der Waals surface area contributed by atoms with Gasteiger partial charge in [0.2, 0.25) is 0 Å². The summed E-state index contributed by atoms with van der Waals surface area (Å²) in [7, 11) is -3.64. The summed E-state index contributed by atoms with van der Waals surface area (Å²) in [5.41, 5.74) is 0.596. The van der Waals surface area contributed by atoms with Crippen molar-refractivity contribution in [2.24, 2.45) is 0 Å². The third kappa shape index (κ3) is 2.94. The van der Waals surface area contributed by atoms with Crippen LogP contribution in [0.3, 0.4) is 0 Å². The maximum Gasteiger partial charge on any atom is 0.179 e. The quantitative estimate of drug-likeness (QED) is 0.743. The van der Waals surface area contributed by atoms with Crippen LogP contribution in [0, 0.1) is 0 Å². The lowest BCUT2D eigenvalue weighted by Gasteiger charge is -2.20. The van der Waals surface area contributed by atoms with Gasteiger partial charge in [0.1, 0.15) is 11.7 Å². The molecule has 118 valence electrons. The Labute approximate surface area is 139 Å². The summed E-state index contributed by atoms with van der Waals surface area (Å²) in [4.78, 5) is 25.3. The van der Waals surface area contributed by atoms with E-state index in [1.54, 1.807) is 36.4 Å². The van der Waals surface area contributed by atoms with Gasteiger partial charge >= 0.3 is 0 Å². The SMILES string of the molecule is O=C1CCS(=O)(=O)c2ccccc2C(=O)C1c1ccc(Cl)cc1. The molecule has 2 aromatic carbocycles. The fourth-order valence-corrected chi connectivity index (χ4v) is 4.33. The van der Waals surface area contributed by atoms with Crippen LogP contribution in [0.4, 0.5) is 0 Å². The zero-order valence-corrected chi connectivity index (χ0v) is 13.6. The van der Waals surface area contributed by atoms with E-state index in [0.717, 1.165) is 0 Å². The summed E-state index contributed by atoms with van der Waals surface area (Å²) in [6.45, 7) is 0. The number of benzene rings is 2. The number of halogens is 1. The number of carbonyl (C=O) groups is 2. The smallest absolute Gasteiger partial charge is 0.179 e. The van der Waals surface area contributed by atoms with Gasteiger partial charge in [0.15, 0.2) is 15.6 Å². The van der Waals surface area contributed by atoms with Crippen molar-refractivity contribution in [3.05, 3.63) is 64.7 Å². The molecule has 0 radical (unpaired) electrons. The zero-order chi connectivity index (χ0) is 16.6. The largest absolute Gasteiger partial charge is 0.298 e. The topological polar surface area (TPSA) is 68.3 Å². The molecular formula is C17H13ClO4S. The van der Waals surface area contributed by atoms with Gasteiger partial charge in [-0.1, -0.05) is 41.9 Å². The molecule has 0 saturated heterocycles. The average molecular weight is 349 g/mol. The highest BCUT2D eigenvalue weighted by Gasteiger charge is 2.36. The summed E-state index contributed by atoms with van der Waals surface area (Å²) in [6.07, 6.45) is -0.185. The molecule has 1 heterocycles. The van der Waals surface area contributed by atoms with Crippen LogP contribution in [0.5, 0.6) is 0 Å². The van der Waals surface area contributed by atoms with E-state index in [-0.39, 0.29) is 22.6 Å². The Morgan fingerprint density at radius 2 is 1.61 bits per heavy atom. The van der Waals surface area contributed by atoms with Crippen molar-refractivity contribution in [3.63, 3.8) is 0 Å². The van der Waals surface area contributed by atoms with Crippen LogP contribution in [0.1, 0.15) is 28.3 Å². The number of fused-ring (bicyclic) bond motifs is 1. The minimum Gasteiger partial charge on any atom is -0.298 e. The van der Waals surface area contributed by atoms with Gasteiger partial charge in [-0.3, -0.25) is 9.59 Å². The van der Waals surface area contributed by atoms with Gasteiger partial charge in [-0.2, -0.15) is 0 Å². The van der Waals surface area contributed by atoms with E-state index >= 15 is 0 Å². The van der Waals surface area contributed by atoms with E-state index < -0.39 is 27.3 Å². The first-order chi connectivity index (χ1) is 10.9. The Kier molecular flexibility index (Phi) is 4.08. The molecule has 1 atom stereocenters. The van der Waals surface area contributed by atoms with Gasteiger partial charge in [-0.15, -0.1) is 0 Å². The highest BCUT2D eigenvalue weighted by Crippen LogP contribution is 2.31. The highest BCUT2D eigenvalue weighted by atomic mass is 35.5. The van der Waals surface area contributed by atoms with Crippen LogP contribution in [-0.4, -0.2) is 25.7 Å². The van der Waals surface area contributed by atoms with Gasteiger partial charge in [-0.05, 0) is 23.8 Å². The van der Waals surface area contributed by atoms with E-state index in [9.17, 15) is 18.0 Å². The molecule has 0 N–H and O–H groups in total. The molecule has 1 aliphatic heterocycles. The predicted molar refractivity (Wildman–Crippen MR) is 86.6 cm³/mol. The second kappa shape index (κ2) is 5.91. The minimum absolute atomic E-state index is 0.00327. The van der Waals surface area contributed by atoms with Crippen molar-refractivity contribution in [2.45, 2.75) is 17.2 Å². The van der Waals surface area contributed by atoms with Crippen molar-refractivity contribution in [3.8, 4) is 0 Å². The summed E-state index contributed by atoms with van der Waals surface area (Å²) >= 11 is 5.85. The zero-order valence-electron chi connectivity index (χ0n) is 12.0. The lowest BCUT2D eigenvalue weighted by atomic mass is 9.86. The van der Waals surface area contributed by atoms with Crippen LogP contribution in [0.25, 0.3) is 0 Å². The molecule has 0 fully saturated rings. The molecule has 0 saturated carbocycles. The van der Waals surface area contributed by atoms with Crippen LogP contribution >= 0.6 is 11.6 Å². The Hall–Kier alpha value is -1.98. The summed E-state index contributed by atoms with van der Waals surface area (Å²) < 4.78 is 24.6. The van der Waals surface area contributed by atoms with E-state index in [1.165, 1.54) is 12.1 Å². The number of ketones is 2. The van der Waals surface area contributed by atoms with Gasteiger partial charge in [0.05, 0.1) is 10.6 Å². The molecule has 1 aliphatic rings. The lowest BCUT2D eigenvalue weighted by Crippen LogP contribution is -2.29. The maximum atomic E-state index is 12.9. The number of Topliss-reactive ketones (excluding diaryl/α,β-unsaturated/α-hetero) is 2. The van der Waals surface area contributed by atoms with Crippen molar-refractivity contribution in [1.29, 1.82) is 0 Å². The van der Waals surface area contributed by atoms with Crippen LogP contribution in [0.15, 0.2) is 53.4 Å². The first kappa shape index (κ1) is 15.9. The van der Waals surface area contributed by atoms with Crippen molar-refractivity contribution >= 4 is 33.0 Å². The molecule has 3 rings (SSSR count). The first-order valence-corrected chi connectivity index (χ1v) is 9.07. The Morgan fingerprint density at radius 3 is 2.30 bits per heavy atom. The molecule has 0 aromatic heterocycles. The summed E-state index contributed by atoms with van der Waals surface area (Å²) in [5, 5.41) is 0.502. The third-order valence-corrected chi connectivity index (χ3v) is 5.91. The van der Waals surface area contributed by atoms with Gasteiger partial charge in [0.25, 0.3) is 0 Å². The molecule has 4 nitrogen and oxygen atoms in total. The van der Waals surface area contributed by atoms with Crippen LogP contribution < -0.4 is 0 Å². The van der Waals surface area contributed by atoms with Crippen molar-refractivity contribution in [1.82, 2.24) is 0 Å². The van der Waals surface area contributed by atoms with Gasteiger partial charge < -0.3 is 0 Å². The van der Waals surface area contributed by atoms with Gasteiger partial charge in [0, 0.05) is 17.0 Å². The minimum atomic E-state index is -3.64. The molecule has 23 heavy (non-hydrogen) atoms. The fraction of sp³-hybridized carbons (Fsp3) is 0.176. The van der Waals surface area contributed by atoms with Crippen LogP contribution in [-0.2, 0) is 14.6 Å². The number of carbonyl (C=O) groups excluding carboxylic acids is 2. The van der Waals surface area contributed by atoms with E-state index in [2.05, 4.69) is 0 Å². The highest BCUT2D eigenvalue weighted by molar-refractivity contribution is 7.91. The molecule has 0 amide bonds. The van der Waals surface area contributed by atoms with E-state index in [1.807, 2.05) is 0 Å². The third-order valence-electron chi connectivity index (χ3n) is 3.89.